The van der Waals surface area contributed by atoms with Crippen molar-refractivity contribution in [1.82, 2.24) is 0 Å². The van der Waals surface area contributed by atoms with Gasteiger partial charge in [0.05, 0.1) is 0 Å². The molecule has 0 radical (unpaired) electrons. The molecule has 0 aromatic carbocycles. The van der Waals surface area contributed by atoms with Crippen molar-refractivity contribution < 1.29 is 4.39 Å². The minimum atomic E-state index is -3.04. The zero-order valence-corrected chi connectivity index (χ0v) is 9.82. The fourth-order valence-corrected chi connectivity index (χ4v) is 1.12. The minimum Gasteiger partial charge on any atom is -0.204 e. The summed E-state index contributed by atoms with van der Waals surface area (Å²) in [7, 11) is 0. The molecule has 0 saturated heterocycles. The lowest BCUT2D eigenvalue weighted by Crippen LogP contribution is -2.44. The lowest BCUT2D eigenvalue weighted by atomic mass is 10.5. The third-order valence-electron chi connectivity index (χ3n) is 0.712. The van der Waals surface area contributed by atoms with E-state index in [0.29, 0.717) is 0 Å². The number of alkyl halides is 8. The maximum atomic E-state index is 12.7. The number of hydrogen-bond acceptors (Lipinski definition) is 0. The lowest BCUT2D eigenvalue weighted by Gasteiger charge is -2.31. The molecule has 0 spiro atoms. The molecule has 0 rings (SSSR count). The summed E-state index contributed by atoms with van der Waals surface area (Å²) >= 11 is 35.7. The van der Waals surface area contributed by atoms with E-state index in [1.165, 1.54) is 0 Å². The van der Waals surface area contributed by atoms with E-state index in [0.717, 1.165) is 0 Å². The Morgan fingerprint density at radius 3 is 1.00 bits per heavy atom. The van der Waals surface area contributed by atoms with Crippen LogP contribution in [0, 0.1) is 0 Å². The smallest absolute Gasteiger partial charge is 0.204 e. The third kappa shape index (κ3) is 2.98. The topological polar surface area (TPSA) is 0 Å². The zero-order valence-electron chi connectivity index (χ0n) is 4.52. The van der Waals surface area contributed by atoms with Gasteiger partial charge in [0.25, 0.3) is 4.59 Å². The zero-order chi connectivity index (χ0) is 9.50. The van der Waals surface area contributed by atoms with Crippen LogP contribution in [0.2, 0.25) is 0 Å². The van der Waals surface area contributed by atoms with Gasteiger partial charge >= 0.3 is 0 Å². The first-order valence-corrected chi connectivity index (χ1v) is 4.66. The van der Waals surface area contributed by atoms with Crippen molar-refractivity contribution in [3.05, 3.63) is 0 Å². The van der Waals surface area contributed by atoms with Gasteiger partial charge in [-0.2, -0.15) is 0 Å². The molecule has 0 aliphatic rings. The van der Waals surface area contributed by atoms with Gasteiger partial charge in [-0.1, -0.05) is 81.2 Å². The van der Waals surface area contributed by atoms with Crippen molar-refractivity contribution in [1.29, 1.82) is 0 Å². The van der Waals surface area contributed by atoms with Crippen molar-refractivity contribution in [3.8, 4) is 0 Å². The van der Waals surface area contributed by atoms with Crippen molar-refractivity contribution >= 4 is 81.2 Å². The van der Waals surface area contributed by atoms with Crippen molar-refractivity contribution in [2.75, 3.05) is 0 Å². The molecule has 0 fully saturated rings. The highest BCUT2D eigenvalue weighted by Crippen LogP contribution is 2.56. The molecule has 0 N–H and O–H groups in total. The highest BCUT2D eigenvalue weighted by atomic mass is 35.6. The van der Waals surface area contributed by atoms with Gasteiger partial charge in [0.2, 0.25) is 8.13 Å². The molecule has 0 amide bonds. The van der Waals surface area contributed by atoms with Gasteiger partial charge in [-0.3, -0.25) is 0 Å². The van der Waals surface area contributed by atoms with Gasteiger partial charge in [-0.05, 0) is 0 Å². The molecule has 0 nitrogen and oxygen atoms in total. The standard InChI is InChI=1S/C3Cl7F/c4-1(5,2(6,7)8)3(9,10)11. The molecule has 0 atom stereocenters. The van der Waals surface area contributed by atoms with Gasteiger partial charge < -0.3 is 0 Å². The Hall–Kier alpha value is 1.96. The largest absolute Gasteiger partial charge is 0.294 e. The molecule has 0 unspecified atom stereocenters. The second kappa shape index (κ2) is 3.61. The van der Waals surface area contributed by atoms with E-state index in [4.69, 9.17) is 81.2 Å². The van der Waals surface area contributed by atoms with Crippen LogP contribution >= 0.6 is 81.2 Å². The number of rotatable bonds is 1. The third-order valence-corrected chi connectivity index (χ3v) is 4.18. The minimum absolute atomic E-state index is 2.31. The molecular formula is C3Cl7F. The highest BCUT2D eigenvalue weighted by Gasteiger charge is 2.61. The number of halogens is 8. The van der Waals surface area contributed by atoms with Crippen LogP contribution < -0.4 is 0 Å². The van der Waals surface area contributed by atoms with Gasteiger partial charge in [0, 0.05) is 0 Å². The fourth-order valence-electron chi connectivity index (χ4n) is 0.161. The molecule has 0 heterocycles. The Morgan fingerprint density at radius 2 is 1.00 bits per heavy atom. The van der Waals surface area contributed by atoms with Crippen molar-refractivity contribution in [2.24, 2.45) is 0 Å². The van der Waals surface area contributed by atoms with Gasteiger partial charge in [0.15, 0.2) is 0 Å². The van der Waals surface area contributed by atoms with Crippen LogP contribution in [-0.4, -0.2) is 12.7 Å². The van der Waals surface area contributed by atoms with Crippen molar-refractivity contribution in [2.45, 2.75) is 12.7 Å². The molecule has 68 valence electrons. The monoisotopic (exact) mass is 300 g/mol. The van der Waals surface area contributed by atoms with Crippen LogP contribution in [0.15, 0.2) is 0 Å². The van der Waals surface area contributed by atoms with Gasteiger partial charge in [-0.25, -0.2) is 4.39 Å². The fraction of sp³-hybridized carbons (Fsp3) is 1.00. The van der Waals surface area contributed by atoms with Crippen LogP contribution in [0.5, 0.6) is 0 Å². The Kier molecular flexibility index (Phi) is 4.25. The van der Waals surface area contributed by atoms with Crippen LogP contribution in [0.25, 0.3) is 0 Å². The Bertz CT molecular complexity index is 125. The van der Waals surface area contributed by atoms with E-state index >= 15 is 0 Å². The molecule has 8 heteroatoms. The predicted octanol–water partition coefficient (Wildman–Crippen LogP) is 4.63. The normalized spacial score (nSPS) is 15.3. The summed E-state index contributed by atoms with van der Waals surface area (Å²) in [6.07, 6.45) is 0. The first-order chi connectivity index (χ1) is 4.50. The van der Waals surface area contributed by atoms with Crippen LogP contribution in [0.4, 0.5) is 4.39 Å². The number of hydrogen-bond donors (Lipinski definition) is 0. The lowest BCUT2D eigenvalue weighted by molar-refractivity contribution is 0.356. The maximum Gasteiger partial charge on any atom is 0.294 e. The van der Waals surface area contributed by atoms with Gasteiger partial charge in [0.1, 0.15) is 0 Å². The Labute approximate surface area is 97.8 Å². The summed E-state index contributed by atoms with van der Waals surface area (Å²) in [5.41, 5.74) is 0. The van der Waals surface area contributed by atoms with Crippen LogP contribution in [0.1, 0.15) is 0 Å². The molecule has 0 aromatic rings. The van der Waals surface area contributed by atoms with Crippen LogP contribution in [0.3, 0.4) is 0 Å². The average molecular weight is 303 g/mol. The van der Waals surface area contributed by atoms with E-state index in [2.05, 4.69) is 0 Å². The maximum absolute atomic E-state index is 12.7. The Morgan fingerprint density at radius 1 is 0.727 bits per heavy atom. The summed E-state index contributed by atoms with van der Waals surface area (Å²) in [4.78, 5) is 0. The van der Waals surface area contributed by atoms with Crippen molar-refractivity contribution in [3.63, 3.8) is 0 Å². The molecule has 0 bridgehead atoms. The van der Waals surface area contributed by atoms with E-state index in [-0.39, 0.29) is 0 Å². The summed E-state index contributed by atoms with van der Waals surface area (Å²) in [6, 6.07) is 0. The summed E-state index contributed by atoms with van der Waals surface area (Å²) in [5.74, 6) is 0. The molecular weight excluding hydrogens is 303 g/mol. The summed E-state index contributed by atoms with van der Waals surface area (Å²) in [6.45, 7) is 0. The molecule has 0 aromatic heterocycles. The van der Waals surface area contributed by atoms with E-state index in [9.17, 15) is 4.39 Å². The molecule has 0 aliphatic carbocycles. The highest BCUT2D eigenvalue weighted by molar-refractivity contribution is 6.78. The Balaban J connectivity index is 4.75. The predicted molar refractivity (Wildman–Crippen MR) is 50.3 cm³/mol. The first kappa shape index (κ1) is 13.0. The molecule has 0 aliphatic heterocycles. The molecule has 11 heavy (non-hydrogen) atoms. The molecule has 0 saturated carbocycles. The SMILES string of the molecule is FC(Cl)(Cl)C(Cl)(Cl)C(Cl)(Cl)Cl. The summed E-state index contributed by atoms with van der Waals surface area (Å²) < 4.78 is 4.80. The van der Waals surface area contributed by atoms with E-state index in [1.54, 1.807) is 0 Å². The second-order valence-corrected chi connectivity index (χ2v) is 6.41. The summed E-state index contributed by atoms with van der Waals surface area (Å²) in [5, 5.41) is 0. The first-order valence-electron chi connectivity index (χ1n) is 2.01. The van der Waals surface area contributed by atoms with E-state index < -0.39 is 12.7 Å². The van der Waals surface area contributed by atoms with Gasteiger partial charge in [-0.15, -0.1) is 0 Å². The average Bonchev–Trinajstić information content (AvgIpc) is 1.58. The van der Waals surface area contributed by atoms with E-state index in [1.807, 2.05) is 0 Å². The second-order valence-electron chi connectivity index (χ2n) is 1.57. The quantitative estimate of drug-likeness (QED) is 0.619. The van der Waals surface area contributed by atoms with Crippen LogP contribution in [-0.2, 0) is 0 Å².